The van der Waals surface area contributed by atoms with Crippen molar-refractivity contribution in [1.29, 1.82) is 0 Å². The van der Waals surface area contributed by atoms with Crippen LogP contribution < -0.4 is 8.61 Å². The molecule has 2 aromatic rings. The fourth-order valence-corrected chi connectivity index (χ4v) is 6.10. The van der Waals surface area contributed by atoms with Gasteiger partial charge in [0.25, 0.3) is 0 Å². The van der Waals surface area contributed by atoms with E-state index in [9.17, 15) is 0 Å². The van der Waals surface area contributed by atoms with E-state index >= 15 is 0 Å². The number of morpholine rings is 1. The van der Waals surface area contributed by atoms with Gasteiger partial charge in [-0.05, 0) is 0 Å². The zero-order chi connectivity index (χ0) is 20.1. The van der Waals surface area contributed by atoms with Gasteiger partial charge in [-0.3, -0.25) is 0 Å². The molecule has 0 saturated carbocycles. The summed E-state index contributed by atoms with van der Waals surface area (Å²) in [6.45, 7) is 7.49. The van der Waals surface area contributed by atoms with Crippen molar-refractivity contribution in [3.8, 4) is 0 Å². The van der Waals surface area contributed by atoms with Crippen molar-refractivity contribution in [3.05, 3.63) is 48.2 Å². The number of hydrogen-bond donors (Lipinski definition) is 0. The molecular weight excluding hydrogens is 455 g/mol. The van der Waals surface area contributed by atoms with E-state index in [1.807, 2.05) is 11.4 Å². The molecule has 0 spiro atoms. The van der Waals surface area contributed by atoms with Crippen molar-refractivity contribution in [2.75, 3.05) is 31.2 Å². The van der Waals surface area contributed by atoms with E-state index in [1.54, 1.807) is 0 Å². The minimum absolute atomic E-state index is 0.762. The van der Waals surface area contributed by atoms with Crippen LogP contribution in [0.3, 0.4) is 0 Å². The molecule has 1 fully saturated rings. The number of rotatable bonds is 6. The summed E-state index contributed by atoms with van der Waals surface area (Å²) in [7, 11) is 0. The molecule has 1 saturated heterocycles. The zero-order valence-corrected chi connectivity index (χ0v) is 20.6. The monoisotopic (exact) mass is 488 g/mol. The molecule has 2 aromatic heterocycles. The number of ether oxygens (including phenoxy) is 1. The third-order valence-corrected chi connectivity index (χ3v) is 9.92. The van der Waals surface area contributed by atoms with E-state index in [1.165, 1.54) is 3.71 Å². The van der Waals surface area contributed by atoms with Crippen LogP contribution in [0.15, 0.2) is 42.5 Å². The predicted molar refractivity (Wildman–Crippen MR) is 121 cm³/mol. The Morgan fingerprint density at radius 1 is 1.21 bits per heavy atom. The minimum atomic E-state index is -2.34. The summed E-state index contributed by atoms with van der Waals surface area (Å²) >= 11 is -2.34. The number of fused-ring (bicyclic) bond motifs is 1. The van der Waals surface area contributed by atoms with Gasteiger partial charge in [0.15, 0.2) is 0 Å². The topological polar surface area (TPSA) is 42.7 Å². The van der Waals surface area contributed by atoms with Crippen molar-refractivity contribution in [2.24, 2.45) is 0 Å². The van der Waals surface area contributed by atoms with E-state index in [2.05, 4.69) is 69.2 Å². The molecule has 0 radical (unpaired) electrons. The second kappa shape index (κ2) is 9.26. The quantitative estimate of drug-likeness (QED) is 0.456. The van der Waals surface area contributed by atoms with Crippen LogP contribution in [-0.4, -0.2) is 59.3 Å². The third-order valence-electron chi connectivity index (χ3n) is 4.80. The number of aromatic nitrogens is 3. The average molecular weight is 487 g/mol. The van der Waals surface area contributed by atoms with Crippen LogP contribution in [0.5, 0.6) is 0 Å². The normalized spacial score (nSPS) is 16.8. The summed E-state index contributed by atoms with van der Waals surface area (Å²) < 4.78 is 8.87. The molecule has 0 atom stereocenters. The molecule has 6 heteroatoms. The van der Waals surface area contributed by atoms with Gasteiger partial charge in [0.2, 0.25) is 0 Å². The van der Waals surface area contributed by atoms with E-state index in [0.717, 1.165) is 55.5 Å². The molecule has 0 bridgehead atoms. The maximum atomic E-state index is 5.56. The van der Waals surface area contributed by atoms with Gasteiger partial charge in [-0.25, -0.2) is 0 Å². The molecule has 3 heterocycles. The molecule has 0 aliphatic carbocycles. The molecule has 0 N–H and O–H groups in total. The van der Waals surface area contributed by atoms with Crippen molar-refractivity contribution in [2.45, 2.75) is 35.1 Å². The Balaban J connectivity index is 2.15. The molecule has 3 rings (SSSR count). The summed E-state index contributed by atoms with van der Waals surface area (Å²) in [4.78, 5) is 14.6. The van der Waals surface area contributed by atoms with Crippen LogP contribution in [0.4, 0.5) is 5.82 Å². The van der Waals surface area contributed by atoms with Gasteiger partial charge in [-0.15, -0.1) is 0 Å². The van der Waals surface area contributed by atoms with E-state index < -0.39 is 18.4 Å². The SMILES string of the molecule is C\C=C/C(=C\C=C\CC)c1cc2n[c]([Sn]([CH3])([CH3])[CH3])cc(N3CCOCC3)n2n1. The average Bonchev–Trinajstić information content (AvgIpc) is 3.11. The third kappa shape index (κ3) is 4.87. The standard InChI is InChI=1S/C19H23N4O.3CH3.Sn/c1-3-5-6-8-16(7-4-2)17-15-18-20-10-9-19(23(18)21-17)22-11-13-24-14-12-22;;;;/h4-9,15H,3,11-14H2,1-2H3;3*1H3;/b6-5+,7-4-,16-8+;;;;. The van der Waals surface area contributed by atoms with Crippen LogP contribution in [-0.2, 0) is 4.74 Å². The van der Waals surface area contributed by atoms with Crippen LogP contribution in [0.1, 0.15) is 26.0 Å². The van der Waals surface area contributed by atoms with Gasteiger partial charge in [0.05, 0.1) is 0 Å². The predicted octanol–water partition coefficient (Wildman–Crippen LogP) is 4.04. The van der Waals surface area contributed by atoms with Gasteiger partial charge in [-0.1, -0.05) is 0 Å². The first kappa shape index (κ1) is 21.1. The van der Waals surface area contributed by atoms with E-state index in [-0.39, 0.29) is 0 Å². The second-order valence-electron chi connectivity index (χ2n) is 8.11. The van der Waals surface area contributed by atoms with Gasteiger partial charge in [-0.2, -0.15) is 0 Å². The van der Waals surface area contributed by atoms with Gasteiger partial charge < -0.3 is 0 Å². The fourth-order valence-electron chi connectivity index (χ4n) is 3.22. The molecule has 0 amide bonds. The number of allylic oxidation sites excluding steroid dienone is 6. The Kier molecular flexibility index (Phi) is 6.99. The summed E-state index contributed by atoms with van der Waals surface area (Å²) in [6, 6.07) is 4.40. The summed E-state index contributed by atoms with van der Waals surface area (Å²) in [5, 5.41) is 4.95. The van der Waals surface area contributed by atoms with Crippen LogP contribution in [0.25, 0.3) is 11.2 Å². The molecular formula is C22H32N4OSn. The molecule has 1 aliphatic rings. The first-order valence-electron chi connectivity index (χ1n) is 10.2. The number of nitrogens with zero attached hydrogens (tertiary/aromatic N) is 4. The molecule has 0 unspecified atom stereocenters. The number of anilines is 1. The molecule has 1 aliphatic heterocycles. The first-order chi connectivity index (χ1) is 13.4. The Bertz CT molecular complexity index is 899. The van der Waals surface area contributed by atoms with Gasteiger partial charge in [0, 0.05) is 0 Å². The fraction of sp³-hybridized carbons (Fsp3) is 0.455. The van der Waals surface area contributed by atoms with Gasteiger partial charge >= 0.3 is 173 Å². The van der Waals surface area contributed by atoms with E-state index in [0.29, 0.717) is 0 Å². The van der Waals surface area contributed by atoms with Crippen molar-refractivity contribution in [3.63, 3.8) is 0 Å². The Morgan fingerprint density at radius 3 is 2.61 bits per heavy atom. The van der Waals surface area contributed by atoms with Crippen LogP contribution in [0.2, 0.25) is 14.8 Å². The zero-order valence-electron chi connectivity index (χ0n) is 17.8. The number of hydrogen-bond acceptors (Lipinski definition) is 4. The molecule has 28 heavy (non-hydrogen) atoms. The van der Waals surface area contributed by atoms with Gasteiger partial charge in [0.1, 0.15) is 0 Å². The van der Waals surface area contributed by atoms with E-state index in [4.69, 9.17) is 14.8 Å². The molecule has 5 nitrogen and oxygen atoms in total. The summed E-state index contributed by atoms with van der Waals surface area (Å²) in [6.07, 6.45) is 11.6. The van der Waals surface area contributed by atoms with Crippen LogP contribution in [0, 0.1) is 0 Å². The summed E-state index contributed by atoms with van der Waals surface area (Å²) in [5.41, 5.74) is 3.00. The first-order valence-corrected chi connectivity index (χ1v) is 20.2. The van der Waals surface area contributed by atoms with Crippen molar-refractivity contribution < 1.29 is 4.74 Å². The van der Waals surface area contributed by atoms with Crippen molar-refractivity contribution in [1.82, 2.24) is 14.6 Å². The van der Waals surface area contributed by atoms with Crippen molar-refractivity contribution >= 4 is 39.1 Å². The van der Waals surface area contributed by atoms with Crippen LogP contribution >= 0.6 is 0 Å². The Labute approximate surface area is 172 Å². The Morgan fingerprint density at radius 2 is 1.96 bits per heavy atom. The Hall–Kier alpha value is -1.60. The maximum absolute atomic E-state index is 5.56. The second-order valence-corrected chi connectivity index (χ2v) is 22.4. The molecule has 0 aromatic carbocycles. The summed E-state index contributed by atoms with van der Waals surface area (Å²) in [5.74, 6) is 1.14. The molecule has 150 valence electrons.